The molecule has 0 fully saturated rings. The number of hydrogen-bond donors (Lipinski definition) is 3. The van der Waals surface area contributed by atoms with Gasteiger partial charge in [0.2, 0.25) is 0 Å². The fraction of sp³-hybridized carbons (Fsp3) is 0.857. The predicted molar refractivity (Wildman–Crippen MR) is 45.0 cm³/mol. The van der Waals surface area contributed by atoms with E-state index >= 15 is 0 Å². The summed E-state index contributed by atoms with van der Waals surface area (Å²) in [6.07, 6.45) is 0. The first-order valence-electron chi connectivity index (χ1n) is 3.78. The summed E-state index contributed by atoms with van der Waals surface area (Å²) >= 11 is 0. The maximum atomic E-state index is 8.47. The molecule has 5 heteroatoms. The van der Waals surface area contributed by atoms with E-state index in [-0.39, 0.29) is 19.7 Å². The van der Waals surface area contributed by atoms with Crippen molar-refractivity contribution in [3.63, 3.8) is 0 Å². The quantitative estimate of drug-likeness (QED) is 0.471. The first kappa shape index (κ1) is 13.9. The molecule has 0 unspecified atom stereocenters. The number of aliphatic hydroxyl groups is 2. The van der Waals surface area contributed by atoms with Crippen LogP contribution in [0.5, 0.6) is 0 Å². The Hall–Kier alpha value is -0.650. The van der Waals surface area contributed by atoms with Crippen LogP contribution in [0.1, 0.15) is 6.92 Å². The largest absolute Gasteiger partial charge is 0.483 e. The van der Waals surface area contributed by atoms with Gasteiger partial charge in [0.15, 0.2) is 0 Å². The van der Waals surface area contributed by atoms with Crippen LogP contribution in [0.4, 0.5) is 0 Å². The van der Waals surface area contributed by atoms with Crippen LogP contribution in [0.2, 0.25) is 0 Å². The first-order chi connectivity index (χ1) is 5.76. The van der Waals surface area contributed by atoms with Gasteiger partial charge in [-0.25, -0.2) is 0 Å². The molecule has 0 saturated heterocycles. The Morgan fingerprint density at radius 2 is 1.58 bits per heavy atom. The molecule has 0 saturated carbocycles. The fourth-order valence-electron chi connectivity index (χ4n) is 0.711. The topological polar surface area (TPSA) is 81.0 Å². The van der Waals surface area contributed by atoms with E-state index in [1.807, 2.05) is 11.8 Å². The van der Waals surface area contributed by atoms with E-state index in [1.54, 1.807) is 0 Å². The second kappa shape index (κ2) is 13.0. The molecule has 74 valence electrons. The number of aliphatic hydroxyl groups excluding tert-OH is 2. The van der Waals surface area contributed by atoms with Gasteiger partial charge in [-0.15, -0.1) is 0 Å². The van der Waals surface area contributed by atoms with E-state index in [0.717, 1.165) is 6.54 Å². The Balaban J connectivity index is 0. The van der Waals surface area contributed by atoms with E-state index in [0.29, 0.717) is 13.1 Å². The number of carbonyl (C=O) groups is 1. The number of hydrogen-bond acceptors (Lipinski definition) is 4. The van der Waals surface area contributed by atoms with E-state index in [4.69, 9.17) is 20.1 Å². The van der Waals surface area contributed by atoms with Gasteiger partial charge in [-0.3, -0.25) is 9.69 Å². The third-order valence-corrected chi connectivity index (χ3v) is 1.28. The molecule has 0 aliphatic rings. The minimum absolute atomic E-state index is 0.174. The zero-order valence-electron chi connectivity index (χ0n) is 7.31. The van der Waals surface area contributed by atoms with Crippen LogP contribution in [-0.4, -0.2) is 59.5 Å². The lowest BCUT2D eigenvalue weighted by molar-refractivity contribution is -0.122. The van der Waals surface area contributed by atoms with Crippen molar-refractivity contribution in [2.75, 3.05) is 32.8 Å². The maximum absolute atomic E-state index is 8.47. The molecule has 0 aliphatic heterocycles. The molecule has 0 radical (unpaired) electrons. The van der Waals surface area contributed by atoms with Gasteiger partial charge in [0.05, 0.1) is 13.2 Å². The van der Waals surface area contributed by atoms with Gasteiger partial charge >= 0.3 is 0 Å². The Morgan fingerprint density at radius 1 is 1.25 bits per heavy atom. The lowest BCUT2D eigenvalue weighted by Gasteiger charge is -2.16. The molecule has 0 aromatic rings. The van der Waals surface area contributed by atoms with Crippen LogP contribution >= 0.6 is 0 Å². The Kier molecular flexibility index (Phi) is 15.0. The third-order valence-electron chi connectivity index (χ3n) is 1.28. The molecule has 0 rings (SSSR count). The van der Waals surface area contributed by atoms with Gasteiger partial charge in [-0.05, 0) is 6.54 Å². The van der Waals surface area contributed by atoms with Gasteiger partial charge in [0.25, 0.3) is 6.47 Å². The number of carboxylic acid groups (broad SMARTS) is 1. The van der Waals surface area contributed by atoms with Crippen molar-refractivity contribution in [1.29, 1.82) is 0 Å². The third kappa shape index (κ3) is 12.1. The lowest BCUT2D eigenvalue weighted by Crippen LogP contribution is -2.29. The summed E-state index contributed by atoms with van der Waals surface area (Å²) in [6, 6.07) is 0. The maximum Gasteiger partial charge on any atom is 0.290 e. The van der Waals surface area contributed by atoms with Crippen LogP contribution < -0.4 is 0 Å². The minimum atomic E-state index is -0.250. The second-order valence-electron chi connectivity index (χ2n) is 1.99. The van der Waals surface area contributed by atoms with Crippen molar-refractivity contribution in [2.24, 2.45) is 0 Å². The molecule has 0 atom stereocenters. The molecule has 3 N–H and O–H groups in total. The highest BCUT2D eigenvalue weighted by Crippen LogP contribution is 1.83. The van der Waals surface area contributed by atoms with E-state index in [2.05, 4.69) is 0 Å². The molecule has 0 spiro atoms. The molecular formula is C7H17NO4. The minimum Gasteiger partial charge on any atom is -0.483 e. The number of rotatable bonds is 5. The Labute approximate surface area is 72.2 Å². The summed E-state index contributed by atoms with van der Waals surface area (Å²) in [6.45, 7) is 4.32. The van der Waals surface area contributed by atoms with Crippen LogP contribution in [0, 0.1) is 0 Å². The summed E-state index contributed by atoms with van der Waals surface area (Å²) < 4.78 is 0. The first-order valence-corrected chi connectivity index (χ1v) is 3.78. The van der Waals surface area contributed by atoms with Crippen molar-refractivity contribution >= 4 is 6.47 Å². The highest BCUT2D eigenvalue weighted by atomic mass is 16.3. The van der Waals surface area contributed by atoms with Crippen molar-refractivity contribution < 1.29 is 20.1 Å². The van der Waals surface area contributed by atoms with Crippen LogP contribution in [0.15, 0.2) is 0 Å². The molecule has 0 aromatic carbocycles. The summed E-state index contributed by atoms with van der Waals surface area (Å²) in [5.41, 5.74) is 0. The average molecular weight is 179 g/mol. The van der Waals surface area contributed by atoms with Crippen molar-refractivity contribution in [2.45, 2.75) is 6.92 Å². The van der Waals surface area contributed by atoms with E-state index in [1.165, 1.54) is 0 Å². The molecular weight excluding hydrogens is 162 g/mol. The van der Waals surface area contributed by atoms with Crippen molar-refractivity contribution in [3.05, 3.63) is 0 Å². The van der Waals surface area contributed by atoms with E-state index < -0.39 is 0 Å². The van der Waals surface area contributed by atoms with Gasteiger partial charge < -0.3 is 15.3 Å². The van der Waals surface area contributed by atoms with Crippen molar-refractivity contribution in [1.82, 2.24) is 4.90 Å². The summed E-state index contributed by atoms with van der Waals surface area (Å²) in [5.74, 6) is 0. The van der Waals surface area contributed by atoms with Crippen molar-refractivity contribution in [3.8, 4) is 0 Å². The molecule has 0 bridgehead atoms. The summed E-state index contributed by atoms with van der Waals surface area (Å²) in [5, 5.41) is 23.8. The van der Waals surface area contributed by atoms with Crippen LogP contribution in [-0.2, 0) is 4.79 Å². The Morgan fingerprint density at radius 3 is 1.75 bits per heavy atom. The predicted octanol–water partition coefficient (Wildman–Crippen LogP) is -1.01. The standard InChI is InChI=1S/C6H15NO2.CH2O2/c1-2-7(3-5-8)4-6-9;2-1-3/h8-9H,2-6H2,1H3;1H,(H,2,3). The summed E-state index contributed by atoms with van der Waals surface area (Å²) in [7, 11) is 0. The lowest BCUT2D eigenvalue weighted by atomic mass is 10.5. The van der Waals surface area contributed by atoms with E-state index in [9.17, 15) is 0 Å². The monoisotopic (exact) mass is 179 g/mol. The molecule has 0 amide bonds. The van der Waals surface area contributed by atoms with Crippen LogP contribution in [0.3, 0.4) is 0 Å². The normalized spacial score (nSPS) is 9.00. The summed E-state index contributed by atoms with van der Waals surface area (Å²) in [4.78, 5) is 10.3. The number of likely N-dealkylation sites (N-methyl/N-ethyl adjacent to an activating group) is 1. The zero-order chi connectivity index (χ0) is 9.82. The van der Waals surface area contributed by atoms with Gasteiger partial charge in [0.1, 0.15) is 0 Å². The molecule has 0 aromatic heterocycles. The van der Waals surface area contributed by atoms with Crippen LogP contribution in [0.25, 0.3) is 0 Å². The average Bonchev–Trinajstić information content (AvgIpc) is 2.05. The molecule has 0 aliphatic carbocycles. The van der Waals surface area contributed by atoms with Gasteiger partial charge in [-0.1, -0.05) is 6.92 Å². The number of nitrogens with zero attached hydrogens (tertiary/aromatic N) is 1. The second-order valence-corrected chi connectivity index (χ2v) is 1.99. The fourth-order valence-corrected chi connectivity index (χ4v) is 0.711. The molecule has 12 heavy (non-hydrogen) atoms. The SMILES string of the molecule is CCN(CCO)CCO.O=CO. The van der Waals surface area contributed by atoms with Gasteiger partial charge in [0, 0.05) is 13.1 Å². The Bertz CT molecular complexity index is 83.5. The van der Waals surface area contributed by atoms with Gasteiger partial charge in [-0.2, -0.15) is 0 Å². The molecule has 5 nitrogen and oxygen atoms in total. The zero-order valence-corrected chi connectivity index (χ0v) is 7.31. The molecule has 0 heterocycles. The highest BCUT2D eigenvalue weighted by molar-refractivity contribution is 5.32. The smallest absolute Gasteiger partial charge is 0.290 e. The highest BCUT2D eigenvalue weighted by Gasteiger charge is 1.97.